The fraction of sp³-hybridized carbons (Fsp3) is 0. The van der Waals surface area contributed by atoms with E-state index in [1.165, 1.54) is 0 Å². The number of aliphatic imine (C=N–C) groups is 1. The molecule has 0 saturated carbocycles. The quantitative estimate of drug-likeness (QED) is 0.290. The molecule has 0 atom stereocenters. The highest BCUT2D eigenvalue weighted by molar-refractivity contribution is 6.23. The maximum absolute atomic E-state index is 9.40. The smallest absolute Gasteiger partial charge is 0.169 e. The fourth-order valence-corrected chi connectivity index (χ4v) is 1.37. The zero-order chi connectivity index (χ0) is 10.5. The third kappa shape index (κ3) is 0.846. The van der Waals surface area contributed by atoms with Crippen molar-refractivity contribution in [3.8, 4) is 17.2 Å². The maximum Gasteiger partial charge on any atom is 0.169 e. The lowest BCUT2D eigenvalue weighted by molar-refractivity contribution is 0.395. The summed E-state index contributed by atoms with van der Waals surface area (Å²) in [6, 6.07) is 0.954. The van der Waals surface area contributed by atoms with Gasteiger partial charge in [0.15, 0.2) is 17.3 Å². The van der Waals surface area contributed by atoms with Gasteiger partial charge in [0.05, 0.1) is 11.1 Å². The average Bonchev–Trinajstić information content (AvgIpc) is 2.38. The molecule has 0 amide bonds. The molecule has 6 nitrogen and oxygen atoms in total. The van der Waals surface area contributed by atoms with Gasteiger partial charge in [0.2, 0.25) is 0 Å². The Morgan fingerprint density at radius 2 is 1.79 bits per heavy atom. The van der Waals surface area contributed by atoms with Gasteiger partial charge in [0.1, 0.15) is 11.6 Å². The Labute approximate surface area is 78.5 Å². The Morgan fingerprint density at radius 1 is 1.14 bits per heavy atom. The minimum atomic E-state index is -0.504. The Balaban J connectivity index is 2.85. The lowest BCUT2D eigenvalue weighted by atomic mass is 10.1. The van der Waals surface area contributed by atoms with E-state index in [2.05, 4.69) is 4.99 Å². The molecule has 1 aromatic rings. The van der Waals surface area contributed by atoms with E-state index in [0.717, 1.165) is 6.07 Å². The predicted molar refractivity (Wildman–Crippen MR) is 49.0 cm³/mol. The number of aromatic hydroxyl groups is 3. The van der Waals surface area contributed by atoms with Gasteiger partial charge in [-0.15, -0.1) is 0 Å². The van der Waals surface area contributed by atoms with E-state index in [0.29, 0.717) is 0 Å². The summed E-state index contributed by atoms with van der Waals surface area (Å²) in [5.41, 5.74) is 5.46. The molecule has 2 rings (SSSR count). The molecule has 0 aliphatic carbocycles. The molecule has 0 spiro atoms. The maximum atomic E-state index is 9.40. The number of rotatable bonds is 0. The first-order valence-electron chi connectivity index (χ1n) is 3.73. The minimum absolute atomic E-state index is 0.0417. The lowest BCUT2D eigenvalue weighted by Gasteiger charge is -2.06. The summed E-state index contributed by atoms with van der Waals surface area (Å²) in [4.78, 5) is 3.57. The molecule has 1 aromatic carbocycles. The van der Waals surface area contributed by atoms with Crippen LogP contribution in [0.25, 0.3) is 0 Å². The zero-order valence-electron chi connectivity index (χ0n) is 6.94. The Hall–Kier alpha value is -2.24. The van der Waals surface area contributed by atoms with E-state index in [4.69, 9.17) is 16.2 Å². The van der Waals surface area contributed by atoms with Gasteiger partial charge in [0, 0.05) is 6.07 Å². The molecule has 0 aromatic heterocycles. The molecule has 6 heteroatoms. The number of nitrogens with zero attached hydrogens (tertiary/aromatic N) is 1. The molecule has 1 aliphatic heterocycles. The molecule has 0 saturated heterocycles. The van der Waals surface area contributed by atoms with Crippen molar-refractivity contribution in [1.29, 1.82) is 5.41 Å². The number of amidine groups is 2. The van der Waals surface area contributed by atoms with Gasteiger partial charge in [-0.25, -0.2) is 4.99 Å². The first kappa shape index (κ1) is 8.36. The molecule has 0 radical (unpaired) electrons. The van der Waals surface area contributed by atoms with Crippen molar-refractivity contribution >= 4 is 11.7 Å². The second-order valence-corrected chi connectivity index (χ2v) is 2.86. The highest BCUT2D eigenvalue weighted by Crippen LogP contribution is 2.39. The van der Waals surface area contributed by atoms with Crippen molar-refractivity contribution in [3.05, 3.63) is 17.2 Å². The van der Waals surface area contributed by atoms with Crippen LogP contribution in [0.4, 0.5) is 0 Å². The molecular formula is C8H7N3O3. The van der Waals surface area contributed by atoms with Crippen molar-refractivity contribution in [3.63, 3.8) is 0 Å². The second-order valence-electron chi connectivity index (χ2n) is 2.86. The zero-order valence-corrected chi connectivity index (χ0v) is 6.94. The van der Waals surface area contributed by atoms with Gasteiger partial charge in [-0.3, -0.25) is 5.41 Å². The number of phenolic OH excluding ortho intramolecular Hbond substituents is 3. The highest BCUT2D eigenvalue weighted by Gasteiger charge is 2.27. The molecule has 1 aliphatic rings. The average molecular weight is 193 g/mol. The Bertz CT molecular complexity index is 479. The Kier molecular flexibility index (Phi) is 1.42. The van der Waals surface area contributed by atoms with E-state index < -0.39 is 11.5 Å². The number of nitrogens with one attached hydrogen (secondary N) is 1. The van der Waals surface area contributed by atoms with Crippen molar-refractivity contribution in [2.24, 2.45) is 10.7 Å². The van der Waals surface area contributed by atoms with E-state index >= 15 is 0 Å². The molecule has 0 unspecified atom stereocenters. The molecule has 1 heterocycles. The monoisotopic (exact) mass is 193 g/mol. The van der Waals surface area contributed by atoms with Crippen LogP contribution in [0.1, 0.15) is 11.1 Å². The Morgan fingerprint density at radius 3 is 2.43 bits per heavy atom. The minimum Gasteiger partial charge on any atom is -0.507 e. The lowest BCUT2D eigenvalue weighted by Crippen LogP contribution is -2.10. The summed E-state index contributed by atoms with van der Waals surface area (Å²) >= 11 is 0. The number of hydrogen-bond acceptors (Lipinski definition) is 5. The summed E-state index contributed by atoms with van der Waals surface area (Å²) in [5.74, 6) is -1.62. The van der Waals surface area contributed by atoms with E-state index in [9.17, 15) is 10.2 Å². The molecule has 0 bridgehead atoms. The van der Waals surface area contributed by atoms with Crippen LogP contribution in [-0.4, -0.2) is 27.0 Å². The normalized spacial score (nSPS) is 14.0. The van der Waals surface area contributed by atoms with E-state index in [-0.39, 0.29) is 28.5 Å². The van der Waals surface area contributed by atoms with Gasteiger partial charge in [-0.2, -0.15) is 0 Å². The third-order valence-corrected chi connectivity index (χ3v) is 1.98. The number of benzene rings is 1. The first-order chi connectivity index (χ1) is 6.52. The van der Waals surface area contributed by atoms with Crippen LogP contribution in [-0.2, 0) is 0 Å². The van der Waals surface area contributed by atoms with Crippen LogP contribution >= 0.6 is 0 Å². The van der Waals surface area contributed by atoms with Crippen LogP contribution in [0.2, 0.25) is 0 Å². The van der Waals surface area contributed by atoms with Crippen LogP contribution in [0.15, 0.2) is 11.1 Å². The van der Waals surface area contributed by atoms with Crippen molar-refractivity contribution in [2.45, 2.75) is 0 Å². The van der Waals surface area contributed by atoms with Crippen molar-refractivity contribution in [2.75, 3.05) is 0 Å². The summed E-state index contributed by atoms with van der Waals surface area (Å²) in [5, 5.41) is 35.3. The molecule has 6 N–H and O–H groups in total. The summed E-state index contributed by atoms with van der Waals surface area (Å²) in [7, 11) is 0. The molecular weight excluding hydrogens is 186 g/mol. The number of phenols is 3. The standard InChI is InChI=1S/C8H7N3O3/c9-7-4-2(12)1-3(13)6(14)5(4)8(10)11-7/h1,12-14H,(H3,9,10,11). The molecule has 14 heavy (non-hydrogen) atoms. The van der Waals surface area contributed by atoms with Crippen LogP contribution in [0.3, 0.4) is 0 Å². The predicted octanol–water partition coefficient (Wildman–Crippen LogP) is -0.152. The van der Waals surface area contributed by atoms with Crippen LogP contribution in [0, 0.1) is 5.41 Å². The molecule has 72 valence electrons. The SMILES string of the molecule is N=C1N=C(N)c2c(O)cc(O)c(O)c21. The largest absolute Gasteiger partial charge is 0.507 e. The van der Waals surface area contributed by atoms with Crippen LogP contribution < -0.4 is 5.73 Å². The topological polar surface area (TPSA) is 123 Å². The number of fused-ring (bicyclic) bond motifs is 1. The van der Waals surface area contributed by atoms with E-state index in [1.807, 2.05) is 0 Å². The van der Waals surface area contributed by atoms with Crippen molar-refractivity contribution < 1.29 is 15.3 Å². The van der Waals surface area contributed by atoms with Gasteiger partial charge in [0.25, 0.3) is 0 Å². The summed E-state index contributed by atoms with van der Waals surface area (Å²) < 4.78 is 0. The van der Waals surface area contributed by atoms with Gasteiger partial charge in [-0.1, -0.05) is 0 Å². The molecule has 0 fully saturated rings. The van der Waals surface area contributed by atoms with Gasteiger partial charge < -0.3 is 21.1 Å². The third-order valence-electron chi connectivity index (χ3n) is 1.98. The van der Waals surface area contributed by atoms with E-state index in [1.54, 1.807) is 0 Å². The highest BCUT2D eigenvalue weighted by atomic mass is 16.3. The number of hydrogen-bond donors (Lipinski definition) is 5. The number of nitrogens with two attached hydrogens (primary N) is 1. The van der Waals surface area contributed by atoms with Crippen molar-refractivity contribution in [1.82, 2.24) is 0 Å². The summed E-state index contributed by atoms with van der Waals surface area (Å²) in [6.07, 6.45) is 0. The first-order valence-corrected chi connectivity index (χ1v) is 3.73. The van der Waals surface area contributed by atoms with Crippen LogP contribution in [0.5, 0.6) is 17.2 Å². The summed E-state index contributed by atoms with van der Waals surface area (Å²) in [6.45, 7) is 0. The fourth-order valence-electron chi connectivity index (χ4n) is 1.37. The van der Waals surface area contributed by atoms with Gasteiger partial charge in [-0.05, 0) is 0 Å². The van der Waals surface area contributed by atoms with Gasteiger partial charge >= 0.3 is 0 Å². The second kappa shape index (κ2) is 2.38.